The summed E-state index contributed by atoms with van der Waals surface area (Å²) in [5.74, 6) is -3.01. The summed E-state index contributed by atoms with van der Waals surface area (Å²) in [5.41, 5.74) is -1.21. The number of fused-ring (bicyclic) bond motifs is 3. The highest BCUT2D eigenvalue weighted by Crippen LogP contribution is 2.67. The van der Waals surface area contributed by atoms with Crippen LogP contribution in [0.25, 0.3) is 0 Å². The van der Waals surface area contributed by atoms with Crippen molar-refractivity contribution in [2.75, 3.05) is 7.11 Å². The molecule has 1 aromatic heterocycles. The minimum atomic E-state index is -0.823. The topological polar surface area (TPSA) is 89.9 Å². The van der Waals surface area contributed by atoms with Gasteiger partial charge in [0.25, 0.3) is 11.8 Å². The minimum Gasteiger partial charge on any atom is -0.491 e. The molecule has 3 fully saturated rings. The van der Waals surface area contributed by atoms with Crippen LogP contribution < -0.4 is 15.5 Å². The van der Waals surface area contributed by atoms with Gasteiger partial charge in [0.1, 0.15) is 17.2 Å². The molecular weight excluding hydrogens is 436 g/mol. The number of benzene rings is 1. The van der Waals surface area contributed by atoms with Crippen molar-refractivity contribution < 1.29 is 27.8 Å². The Morgan fingerprint density at radius 1 is 1.30 bits per heavy atom. The molecular formula is C23H21F2N3O5. The van der Waals surface area contributed by atoms with E-state index in [9.17, 15) is 23.2 Å². The lowest BCUT2D eigenvalue weighted by molar-refractivity contribution is -0.196. The van der Waals surface area contributed by atoms with E-state index in [0.717, 1.165) is 31.4 Å². The van der Waals surface area contributed by atoms with E-state index in [-0.39, 0.29) is 52.6 Å². The number of hydrogen-bond acceptors (Lipinski definition) is 5. The third kappa shape index (κ3) is 2.73. The molecule has 4 atom stereocenters. The van der Waals surface area contributed by atoms with E-state index in [1.54, 1.807) is 4.90 Å². The Morgan fingerprint density at radius 2 is 2.06 bits per heavy atom. The van der Waals surface area contributed by atoms with Crippen LogP contribution in [0.5, 0.6) is 5.75 Å². The summed E-state index contributed by atoms with van der Waals surface area (Å²) in [7, 11) is 1.26. The lowest BCUT2D eigenvalue weighted by atomic mass is 9.76. The van der Waals surface area contributed by atoms with E-state index < -0.39 is 35.7 Å². The summed E-state index contributed by atoms with van der Waals surface area (Å²) in [5, 5.41) is 2.38. The Hall–Kier alpha value is -3.27. The van der Waals surface area contributed by atoms with Gasteiger partial charge in [-0.25, -0.2) is 8.78 Å². The molecule has 1 N–H and O–H groups in total. The number of rotatable bonds is 4. The second-order valence-electron chi connectivity index (χ2n) is 9.07. The van der Waals surface area contributed by atoms with Crippen molar-refractivity contribution >= 4 is 11.8 Å². The minimum absolute atomic E-state index is 0.0592. The number of carbonyl (C=O) groups excluding carboxylic acids is 2. The highest BCUT2D eigenvalue weighted by atomic mass is 19.1. The van der Waals surface area contributed by atoms with Crippen LogP contribution >= 0.6 is 0 Å². The van der Waals surface area contributed by atoms with E-state index in [1.807, 2.05) is 0 Å². The van der Waals surface area contributed by atoms with Crippen LogP contribution in [0.2, 0.25) is 0 Å². The van der Waals surface area contributed by atoms with Crippen molar-refractivity contribution in [3.05, 3.63) is 63.1 Å². The molecule has 2 unspecified atom stereocenters. The van der Waals surface area contributed by atoms with Crippen LogP contribution in [0.1, 0.15) is 45.7 Å². The molecule has 3 heterocycles. The number of methoxy groups -OCH3 is 1. The van der Waals surface area contributed by atoms with Crippen molar-refractivity contribution in [2.45, 2.75) is 50.7 Å². The van der Waals surface area contributed by atoms with Gasteiger partial charge in [0, 0.05) is 29.8 Å². The largest absolute Gasteiger partial charge is 0.491 e. The Bertz CT molecular complexity index is 1260. The highest BCUT2D eigenvalue weighted by Gasteiger charge is 2.72. The van der Waals surface area contributed by atoms with Crippen molar-refractivity contribution in [1.29, 1.82) is 0 Å². The molecule has 172 valence electrons. The predicted octanol–water partition coefficient (Wildman–Crippen LogP) is 1.80. The molecule has 1 spiro atoms. The zero-order chi connectivity index (χ0) is 23.1. The third-order valence-electron chi connectivity index (χ3n) is 7.52. The highest BCUT2D eigenvalue weighted by molar-refractivity contribution is 5.99. The smallest absolute Gasteiger partial charge is 0.276 e. The Balaban J connectivity index is 1.33. The summed E-state index contributed by atoms with van der Waals surface area (Å²) >= 11 is 0. The van der Waals surface area contributed by atoms with Crippen LogP contribution in [0.15, 0.2) is 29.2 Å². The van der Waals surface area contributed by atoms with Gasteiger partial charge in [0.15, 0.2) is 17.7 Å². The SMILES string of the molecule is COc1c2n(cc(C(=O)NCc3c(F)cccc3F)c1=O)C[C@H]1OC3CCC34C[C@H]4N1C2=O. The van der Waals surface area contributed by atoms with Crippen molar-refractivity contribution in [1.82, 2.24) is 14.8 Å². The van der Waals surface area contributed by atoms with E-state index in [1.165, 1.54) is 23.9 Å². The number of amides is 2. The number of nitrogens with zero attached hydrogens (tertiary/aromatic N) is 2. The lowest BCUT2D eigenvalue weighted by Crippen LogP contribution is -2.61. The standard InChI is InChI=1S/C23H21F2N3O5/c1-32-20-18-22(31)28-15-7-23(15)6-5-16(23)33-17(28)10-27(18)9-12(19(20)29)21(30)26-8-11-13(24)3-2-4-14(11)25/h2-4,9,15-17H,5-8,10H2,1H3,(H,26,30)/t15-,16?,17-,23?/m1/s1. The third-order valence-corrected chi connectivity index (χ3v) is 7.52. The first-order valence-electron chi connectivity index (χ1n) is 10.9. The van der Waals surface area contributed by atoms with Gasteiger partial charge in [-0.15, -0.1) is 0 Å². The Labute approximate surface area is 187 Å². The number of nitrogens with one attached hydrogen (secondary N) is 1. The zero-order valence-corrected chi connectivity index (χ0v) is 17.8. The maximum absolute atomic E-state index is 13.9. The van der Waals surface area contributed by atoms with Crippen LogP contribution in [0.3, 0.4) is 0 Å². The molecule has 10 heteroatoms. The molecule has 1 aromatic carbocycles. The lowest BCUT2D eigenvalue weighted by Gasteiger charge is -2.51. The van der Waals surface area contributed by atoms with Crippen LogP contribution in [-0.4, -0.2) is 46.8 Å². The van der Waals surface area contributed by atoms with E-state index in [4.69, 9.17) is 9.47 Å². The number of halogens is 2. The fourth-order valence-corrected chi connectivity index (χ4v) is 5.60. The fraction of sp³-hybridized carbons (Fsp3) is 0.435. The molecule has 2 amide bonds. The molecule has 2 saturated carbocycles. The molecule has 1 saturated heterocycles. The van der Waals surface area contributed by atoms with Gasteiger partial charge in [-0.1, -0.05) is 6.07 Å². The maximum atomic E-state index is 13.9. The molecule has 6 rings (SSSR count). The van der Waals surface area contributed by atoms with Gasteiger partial charge in [-0.05, 0) is 31.4 Å². The van der Waals surface area contributed by atoms with E-state index in [0.29, 0.717) is 0 Å². The van der Waals surface area contributed by atoms with E-state index >= 15 is 0 Å². The molecule has 2 aliphatic heterocycles. The zero-order valence-electron chi connectivity index (χ0n) is 17.8. The average Bonchev–Trinajstić information content (AvgIpc) is 3.54. The van der Waals surface area contributed by atoms with Crippen molar-refractivity contribution in [3.63, 3.8) is 0 Å². The van der Waals surface area contributed by atoms with Crippen molar-refractivity contribution in [2.24, 2.45) is 5.41 Å². The van der Waals surface area contributed by atoms with Gasteiger partial charge in [-0.3, -0.25) is 14.4 Å². The molecule has 0 radical (unpaired) electrons. The number of pyridine rings is 1. The normalized spacial score (nSPS) is 28.6. The summed E-state index contributed by atoms with van der Waals surface area (Å²) in [6.45, 7) is -0.187. The number of carbonyl (C=O) groups is 2. The quantitative estimate of drug-likeness (QED) is 0.757. The molecule has 0 bridgehead atoms. The van der Waals surface area contributed by atoms with Crippen LogP contribution in [0.4, 0.5) is 8.78 Å². The maximum Gasteiger partial charge on any atom is 0.276 e. The summed E-state index contributed by atoms with van der Waals surface area (Å²) in [6, 6.07) is 3.49. The van der Waals surface area contributed by atoms with Gasteiger partial charge < -0.3 is 24.3 Å². The number of ether oxygens (including phenoxy) is 2. The van der Waals surface area contributed by atoms with Gasteiger partial charge in [0.05, 0.1) is 19.8 Å². The van der Waals surface area contributed by atoms with Crippen molar-refractivity contribution in [3.8, 4) is 5.75 Å². The Morgan fingerprint density at radius 3 is 2.73 bits per heavy atom. The molecule has 2 aliphatic carbocycles. The second-order valence-corrected chi connectivity index (χ2v) is 9.07. The molecule has 4 aliphatic rings. The average molecular weight is 457 g/mol. The van der Waals surface area contributed by atoms with Crippen LogP contribution in [0, 0.1) is 17.0 Å². The first kappa shape index (κ1) is 20.3. The van der Waals surface area contributed by atoms with Crippen LogP contribution in [-0.2, 0) is 17.8 Å². The predicted molar refractivity (Wildman–Crippen MR) is 110 cm³/mol. The van der Waals surface area contributed by atoms with Gasteiger partial charge >= 0.3 is 0 Å². The molecule has 2 aromatic rings. The Kier molecular flexibility index (Phi) is 4.23. The van der Waals surface area contributed by atoms with Gasteiger partial charge in [-0.2, -0.15) is 0 Å². The number of aromatic nitrogens is 1. The summed E-state index contributed by atoms with van der Waals surface area (Å²) in [6.07, 6.45) is 3.85. The van der Waals surface area contributed by atoms with Gasteiger partial charge in [0.2, 0.25) is 5.43 Å². The second kappa shape index (κ2) is 6.86. The van der Waals surface area contributed by atoms with E-state index in [2.05, 4.69) is 5.32 Å². The molecule has 8 nitrogen and oxygen atoms in total. The molecule has 33 heavy (non-hydrogen) atoms. The monoisotopic (exact) mass is 457 g/mol. The first-order chi connectivity index (χ1) is 15.9. The number of hydrogen-bond donors (Lipinski definition) is 1. The summed E-state index contributed by atoms with van der Waals surface area (Å²) < 4.78 is 40.7. The first-order valence-corrected chi connectivity index (χ1v) is 10.9. The summed E-state index contributed by atoms with van der Waals surface area (Å²) in [4.78, 5) is 40.9. The fourth-order valence-electron chi connectivity index (χ4n) is 5.60.